The van der Waals surface area contributed by atoms with Gasteiger partial charge in [-0.25, -0.2) is 9.13 Å². The lowest BCUT2D eigenvalue weighted by Gasteiger charge is -2.21. The third-order valence-electron chi connectivity index (χ3n) is 19.9. The molecule has 0 rings (SSSR count). The number of ether oxygens (including phenoxy) is 4. The first-order valence-electron chi connectivity index (χ1n) is 43.2. The molecule has 102 heavy (non-hydrogen) atoms. The summed E-state index contributed by atoms with van der Waals surface area (Å²) in [5, 5.41) is 10.6. The van der Waals surface area contributed by atoms with Crippen LogP contribution in [0.3, 0.4) is 0 Å². The van der Waals surface area contributed by atoms with Crippen molar-refractivity contribution in [3.63, 3.8) is 0 Å². The molecule has 17 nitrogen and oxygen atoms in total. The molecule has 19 heteroatoms. The minimum absolute atomic E-state index is 0.106. The van der Waals surface area contributed by atoms with Crippen LogP contribution in [0.4, 0.5) is 0 Å². The van der Waals surface area contributed by atoms with Crippen LogP contribution in [-0.4, -0.2) is 96.7 Å². The topological polar surface area (TPSA) is 237 Å². The summed E-state index contributed by atoms with van der Waals surface area (Å²) in [5.74, 6) is -1.34. The molecule has 3 N–H and O–H groups in total. The molecular weight excluding hydrogens is 1330 g/mol. The minimum atomic E-state index is -4.96. The Bertz CT molecular complexity index is 1950. The lowest BCUT2D eigenvalue weighted by molar-refractivity contribution is -0.161. The number of rotatable bonds is 83. The van der Waals surface area contributed by atoms with E-state index < -0.39 is 97.5 Å². The first kappa shape index (κ1) is 100. The van der Waals surface area contributed by atoms with Crippen molar-refractivity contribution in [1.82, 2.24) is 0 Å². The van der Waals surface area contributed by atoms with Gasteiger partial charge in [0.2, 0.25) is 0 Å². The largest absolute Gasteiger partial charge is 0.472 e. The summed E-state index contributed by atoms with van der Waals surface area (Å²) < 4.78 is 68.7. The van der Waals surface area contributed by atoms with Gasteiger partial charge in [-0.05, 0) is 31.6 Å². The maximum Gasteiger partial charge on any atom is 0.472 e. The normalized spacial score (nSPS) is 14.1. The fourth-order valence-corrected chi connectivity index (χ4v) is 14.5. The molecule has 0 spiro atoms. The molecule has 0 bridgehead atoms. The lowest BCUT2D eigenvalue weighted by Crippen LogP contribution is -2.30. The van der Waals surface area contributed by atoms with Crippen molar-refractivity contribution in [3.8, 4) is 0 Å². The molecule has 0 fully saturated rings. The number of carbonyl (C=O) groups excluding carboxylic acids is 4. The number of phosphoric ester groups is 2. The Kier molecular flexibility index (Phi) is 74.4. The third-order valence-corrected chi connectivity index (χ3v) is 21.8. The smallest absolute Gasteiger partial charge is 0.462 e. The van der Waals surface area contributed by atoms with E-state index in [2.05, 4.69) is 34.6 Å². The monoisotopic (exact) mass is 1490 g/mol. The molecule has 0 saturated heterocycles. The number of hydrogen-bond donors (Lipinski definition) is 3. The number of hydrogen-bond acceptors (Lipinski definition) is 15. The quantitative estimate of drug-likeness (QED) is 0.0222. The van der Waals surface area contributed by atoms with Crippen LogP contribution in [0.2, 0.25) is 0 Å². The maximum atomic E-state index is 13.1. The van der Waals surface area contributed by atoms with E-state index in [0.29, 0.717) is 25.7 Å². The number of unbranched alkanes of at least 4 members (excludes halogenated alkanes) is 54. The number of esters is 4. The molecule has 0 aliphatic rings. The summed E-state index contributed by atoms with van der Waals surface area (Å²) in [5.41, 5.74) is 0. The second-order valence-corrected chi connectivity index (χ2v) is 33.0. The molecule has 0 aromatic rings. The maximum absolute atomic E-state index is 13.1. The molecule has 3 unspecified atom stereocenters. The molecule has 0 aromatic carbocycles. The Morgan fingerprint density at radius 2 is 0.471 bits per heavy atom. The summed E-state index contributed by atoms with van der Waals surface area (Å²) in [6.07, 6.45) is 68.1. The highest BCUT2D eigenvalue weighted by molar-refractivity contribution is 7.47. The van der Waals surface area contributed by atoms with Gasteiger partial charge in [-0.15, -0.1) is 0 Å². The van der Waals surface area contributed by atoms with Gasteiger partial charge in [0.25, 0.3) is 0 Å². The van der Waals surface area contributed by atoms with Gasteiger partial charge in [0, 0.05) is 25.7 Å². The zero-order chi connectivity index (χ0) is 74.8. The summed E-state index contributed by atoms with van der Waals surface area (Å²) in [6, 6.07) is 0. The van der Waals surface area contributed by atoms with Crippen LogP contribution in [0.5, 0.6) is 0 Å². The Morgan fingerprint density at radius 3 is 0.696 bits per heavy atom. The van der Waals surface area contributed by atoms with Gasteiger partial charge in [-0.2, -0.15) is 0 Å². The third kappa shape index (κ3) is 74.9. The molecule has 606 valence electrons. The van der Waals surface area contributed by atoms with Crippen molar-refractivity contribution in [2.45, 2.75) is 464 Å². The van der Waals surface area contributed by atoms with Crippen LogP contribution >= 0.6 is 15.6 Å². The standard InChI is InChI=1S/C83H162O17P2/c1-6-10-13-16-19-22-25-27-29-31-33-34-36-38-40-42-44-47-53-58-63-68-82(87)99-78(72-94-81(86)67-62-57-52-46-43-41-39-37-35-32-30-28-26-23-20-17-14-11-7-2)74-97-101(89,90)95-70-77(84)71-96-102(91,92)98-75-79(73-93-80(85)66-61-56-51-45-24-21-18-15-12-8-3)100-83(88)69-64-59-54-49-48-50-55-60-65-76(5)9-4/h76-79,84H,6-75H2,1-5H3,(H,89,90)(H,91,92)/t76?,77-,78-,79-/m1/s1. The van der Waals surface area contributed by atoms with E-state index in [9.17, 15) is 43.2 Å². The van der Waals surface area contributed by atoms with Crippen molar-refractivity contribution < 1.29 is 80.2 Å². The summed E-state index contributed by atoms with van der Waals surface area (Å²) in [7, 11) is -9.92. The Morgan fingerprint density at radius 1 is 0.275 bits per heavy atom. The van der Waals surface area contributed by atoms with E-state index in [1.165, 1.54) is 270 Å². The molecule has 0 radical (unpaired) electrons. The Hall–Kier alpha value is -1.94. The molecule has 0 saturated carbocycles. The van der Waals surface area contributed by atoms with E-state index in [-0.39, 0.29) is 25.7 Å². The van der Waals surface area contributed by atoms with Gasteiger partial charge in [-0.1, -0.05) is 394 Å². The van der Waals surface area contributed by atoms with Gasteiger partial charge in [-0.3, -0.25) is 37.3 Å². The fraction of sp³-hybridized carbons (Fsp3) is 0.952. The van der Waals surface area contributed by atoms with E-state index >= 15 is 0 Å². The molecule has 0 aromatic heterocycles. The first-order chi connectivity index (χ1) is 49.6. The molecule has 0 aliphatic carbocycles. The second kappa shape index (κ2) is 75.9. The predicted molar refractivity (Wildman–Crippen MR) is 418 cm³/mol. The van der Waals surface area contributed by atoms with Crippen molar-refractivity contribution in [2.75, 3.05) is 39.6 Å². The van der Waals surface area contributed by atoms with E-state index in [1.807, 2.05) is 0 Å². The average molecular weight is 1490 g/mol. The SMILES string of the molecule is CCCCCCCCCCCCCCCCCCCCCCCC(=O)O[C@H](COC(=O)CCCCCCCCCCCCCCCCCCCCC)COP(=O)(O)OC[C@@H](O)COP(=O)(O)OC[C@@H](COC(=O)CCCCCCCCCCCC)OC(=O)CCCCCCCCCCC(C)CC. The van der Waals surface area contributed by atoms with Crippen molar-refractivity contribution >= 4 is 39.5 Å². The number of aliphatic hydroxyl groups excluding tert-OH is 1. The van der Waals surface area contributed by atoms with Gasteiger partial charge in [0.15, 0.2) is 12.2 Å². The Labute approximate surface area is 626 Å². The fourth-order valence-electron chi connectivity index (χ4n) is 12.9. The first-order valence-corrected chi connectivity index (χ1v) is 46.2. The van der Waals surface area contributed by atoms with Gasteiger partial charge >= 0.3 is 39.5 Å². The van der Waals surface area contributed by atoms with Crippen LogP contribution in [0, 0.1) is 5.92 Å². The molecular formula is C83H162O17P2. The van der Waals surface area contributed by atoms with Crippen molar-refractivity contribution in [1.29, 1.82) is 0 Å². The zero-order valence-electron chi connectivity index (χ0n) is 66.8. The predicted octanol–water partition coefficient (Wildman–Crippen LogP) is 25.2. The highest BCUT2D eigenvalue weighted by Gasteiger charge is 2.30. The van der Waals surface area contributed by atoms with Crippen LogP contribution < -0.4 is 0 Å². The van der Waals surface area contributed by atoms with Gasteiger partial charge < -0.3 is 33.8 Å². The van der Waals surface area contributed by atoms with Gasteiger partial charge in [0.1, 0.15) is 19.3 Å². The molecule has 0 heterocycles. The number of aliphatic hydroxyl groups is 1. The number of phosphoric acid groups is 2. The van der Waals surface area contributed by atoms with Crippen LogP contribution in [0.1, 0.15) is 446 Å². The van der Waals surface area contributed by atoms with Crippen LogP contribution in [0.25, 0.3) is 0 Å². The highest BCUT2D eigenvalue weighted by atomic mass is 31.2. The molecule has 6 atom stereocenters. The van der Waals surface area contributed by atoms with Crippen molar-refractivity contribution in [3.05, 3.63) is 0 Å². The summed E-state index contributed by atoms with van der Waals surface area (Å²) >= 11 is 0. The van der Waals surface area contributed by atoms with Crippen molar-refractivity contribution in [2.24, 2.45) is 5.92 Å². The minimum Gasteiger partial charge on any atom is -0.462 e. The zero-order valence-corrected chi connectivity index (χ0v) is 68.5. The lowest BCUT2D eigenvalue weighted by atomic mass is 9.99. The van der Waals surface area contributed by atoms with Gasteiger partial charge in [0.05, 0.1) is 26.4 Å². The van der Waals surface area contributed by atoms with E-state index in [1.54, 1.807) is 0 Å². The average Bonchev–Trinajstić information content (AvgIpc) is 1.02. The van der Waals surface area contributed by atoms with E-state index in [0.717, 1.165) is 95.8 Å². The van der Waals surface area contributed by atoms with E-state index in [4.69, 9.17) is 37.0 Å². The highest BCUT2D eigenvalue weighted by Crippen LogP contribution is 2.45. The number of carbonyl (C=O) groups is 4. The second-order valence-electron chi connectivity index (χ2n) is 30.1. The van der Waals surface area contributed by atoms with Crippen LogP contribution in [0.15, 0.2) is 0 Å². The molecule has 0 aliphatic heterocycles. The Balaban J connectivity index is 5.21. The summed E-state index contributed by atoms with van der Waals surface area (Å²) in [6.45, 7) is 7.32. The summed E-state index contributed by atoms with van der Waals surface area (Å²) in [4.78, 5) is 73.0. The van der Waals surface area contributed by atoms with Crippen LogP contribution in [-0.2, 0) is 65.4 Å². The molecule has 0 amide bonds.